The van der Waals surface area contributed by atoms with Crippen LogP contribution in [-0.2, 0) is 74.9 Å². The lowest BCUT2D eigenvalue weighted by Gasteiger charge is -2.46. The SMILES string of the molecule is CCO[C@@H]1C[C@H]2C(=O)NC3(CCC3)C(=O)N(C)[C@@H](C3CCCC3)C(=O)N(C)[C@H](C(=O)N(C)C)CC(=O)N(C)[C@@H](CC3CCCC3)C(=O)N[C@@H]([C@@H](C)CC)C(=O)N(C)CC(=O)N(C)[C@H]3C/C=C\CCN(C3=O)[C@@H](CC3CCCCC3)C(=O)N(C)CC(=O)N[C@@H](CCc3cc(F)c(C(F)(F)F)c(F)c3)C(=O)N2C1. The number of carbonyl (C=O) groups excluding carboxylic acids is 12. The Morgan fingerprint density at radius 2 is 1.25 bits per heavy atom. The first kappa shape index (κ1) is 83.8. The number of hydrogen-bond acceptors (Lipinski definition) is 13. The second-order valence-electron chi connectivity index (χ2n) is 31.1. The van der Waals surface area contributed by atoms with Gasteiger partial charge in [0.15, 0.2) is 0 Å². The van der Waals surface area contributed by atoms with Gasteiger partial charge < -0.3 is 64.8 Å². The van der Waals surface area contributed by atoms with E-state index in [2.05, 4.69) is 16.0 Å². The van der Waals surface area contributed by atoms with Crippen molar-refractivity contribution in [2.75, 3.05) is 89.2 Å². The number of ether oxygens (including phenoxy) is 1. The van der Waals surface area contributed by atoms with Crippen LogP contribution >= 0.6 is 0 Å². The predicted octanol–water partition coefficient (Wildman–Crippen LogP) is 5.98. The van der Waals surface area contributed by atoms with Gasteiger partial charge in [-0.15, -0.1) is 0 Å². The molecule has 6 fully saturated rings. The van der Waals surface area contributed by atoms with Gasteiger partial charge in [0.05, 0.1) is 25.6 Å². The first-order valence-electron chi connectivity index (χ1n) is 38.2. The quantitative estimate of drug-likeness (QED) is 0.152. The van der Waals surface area contributed by atoms with Crippen LogP contribution < -0.4 is 16.0 Å². The predicted molar refractivity (Wildman–Crippen MR) is 382 cm³/mol. The van der Waals surface area contributed by atoms with E-state index in [-0.39, 0.29) is 75.6 Å². The Hall–Kier alpha value is -7.79. The Bertz CT molecular complexity index is 3370. The number of likely N-dealkylation sites (N-methyl/N-ethyl adjacent to an activating group) is 7. The van der Waals surface area contributed by atoms with E-state index in [0.717, 1.165) is 72.5 Å². The summed E-state index contributed by atoms with van der Waals surface area (Å²) in [5.41, 5.74) is -4.11. The molecule has 8 rings (SSSR count). The number of aryl methyl sites for hydroxylation is 1. The highest BCUT2D eigenvalue weighted by Crippen LogP contribution is 2.40. The van der Waals surface area contributed by atoms with Crippen molar-refractivity contribution in [1.29, 1.82) is 0 Å². The minimum Gasteiger partial charge on any atom is -0.377 e. The number of fused-ring (bicyclic) bond motifs is 3. The van der Waals surface area contributed by atoms with Crippen molar-refractivity contribution >= 4 is 70.9 Å². The van der Waals surface area contributed by atoms with Gasteiger partial charge in [-0.3, -0.25) is 57.5 Å². The average molecular weight is 1500 g/mol. The zero-order valence-corrected chi connectivity index (χ0v) is 63.8. The van der Waals surface area contributed by atoms with Crippen molar-refractivity contribution in [3.8, 4) is 0 Å². The van der Waals surface area contributed by atoms with Gasteiger partial charge in [-0.05, 0) is 119 Å². The van der Waals surface area contributed by atoms with Gasteiger partial charge in [0.25, 0.3) is 0 Å². The van der Waals surface area contributed by atoms with Crippen molar-refractivity contribution in [2.45, 2.75) is 247 Å². The molecule has 0 aromatic heterocycles. The number of rotatable bonds is 13. The molecule has 0 unspecified atom stereocenters. The molecule has 3 N–H and O–H groups in total. The molecular formula is C76H113F5N12O13. The molecule has 12 amide bonds. The molecule has 1 aromatic rings. The summed E-state index contributed by atoms with van der Waals surface area (Å²) in [6.45, 7) is 3.86. The maximum Gasteiger partial charge on any atom is 0.422 e. The fourth-order valence-corrected chi connectivity index (χ4v) is 16.9. The molecule has 3 aliphatic heterocycles. The molecule has 4 aliphatic carbocycles. The fourth-order valence-electron chi connectivity index (χ4n) is 16.9. The molecule has 10 atom stereocenters. The number of carbonyl (C=O) groups is 12. The van der Waals surface area contributed by atoms with E-state index in [1.807, 2.05) is 13.0 Å². The molecule has 1 spiro atoms. The van der Waals surface area contributed by atoms with Gasteiger partial charge in [-0.1, -0.05) is 103 Å². The molecule has 2 saturated heterocycles. The third kappa shape index (κ3) is 19.9. The number of nitrogens with zero attached hydrogens (tertiary/aromatic N) is 9. The van der Waals surface area contributed by atoms with Crippen LogP contribution in [0.25, 0.3) is 0 Å². The third-order valence-electron chi connectivity index (χ3n) is 23.6. The van der Waals surface area contributed by atoms with Gasteiger partial charge in [-0.2, -0.15) is 13.2 Å². The maximum atomic E-state index is 15.6. The summed E-state index contributed by atoms with van der Waals surface area (Å²) in [5, 5.41) is 8.58. The van der Waals surface area contributed by atoms with E-state index < -0.39 is 198 Å². The second kappa shape index (κ2) is 36.9. The van der Waals surface area contributed by atoms with Gasteiger partial charge in [-0.25, -0.2) is 8.78 Å². The first-order valence-corrected chi connectivity index (χ1v) is 38.2. The molecule has 3 heterocycles. The van der Waals surface area contributed by atoms with Crippen LogP contribution in [0.2, 0.25) is 0 Å². The van der Waals surface area contributed by atoms with Crippen LogP contribution in [0.5, 0.6) is 0 Å². The van der Waals surface area contributed by atoms with Crippen molar-refractivity contribution in [3.05, 3.63) is 47.0 Å². The molecule has 1 aromatic carbocycles. The van der Waals surface area contributed by atoms with E-state index in [0.29, 0.717) is 57.1 Å². The molecule has 0 radical (unpaired) electrons. The Balaban J connectivity index is 1.21. The van der Waals surface area contributed by atoms with E-state index in [9.17, 15) is 32.3 Å². The standard InChI is InChI=1S/C76H113F5N12O13/c1-12-46(3)64-72(103)87(7)45-62(96)88(8)55-31-18-15-23-36-92(71(55)102)59(40-48-25-16-14-17-26-48)70(101)86(6)44-60(94)82-54(33-32-49-37-52(77)63(53(78)38-49)76(79,80)81)68(99)93-43-51(106-13-2)41-57(93)67(98)84-75(34-24-35-75)74(105)91(11)65(50-29-21-22-30-50)73(104)90(10)58(69(100)85(4)5)42-61(95)89(9)56(66(97)83-64)39-47-27-19-20-28-47/h15,18,37-38,46-48,50-51,54-59,64-65H,12-14,16-17,19-36,39-45H2,1-11H3,(H,82,94)(H,83,97)(H,84,98)/b18-15-/t46-,51+,54-,55-,56-,57-,58-,59-,64-,65-/m0/s1. The Labute approximate surface area is 620 Å². The van der Waals surface area contributed by atoms with E-state index in [1.165, 1.54) is 85.8 Å². The van der Waals surface area contributed by atoms with Crippen LogP contribution in [0.4, 0.5) is 22.0 Å². The molecule has 7 aliphatic rings. The van der Waals surface area contributed by atoms with Crippen molar-refractivity contribution in [2.24, 2.45) is 23.7 Å². The van der Waals surface area contributed by atoms with Gasteiger partial charge in [0.1, 0.15) is 71.1 Å². The lowest BCUT2D eigenvalue weighted by Crippen LogP contribution is -2.68. The minimum absolute atomic E-state index is 0.00564. The van der Waals surface area contributed by atoms with Crippen molar-refractivity contribution < 1.29 is 84.2 Å². The van der Waals surface area contributed by atoms with Crippen molar-refractivity contribution in [3.63, 3.8) is 0 Å². The fraction of sp³-hybridized carbons (Fsp3) is 0.737. The number of amides is 12. The van der Waals surface area contributed by atoms with Crippen molar-refractivity contribution in [1.82, 2.24) is 60.0 Å². The molecule has 30 heteroatoms. The Morgan fingerprint density at radius 3 is 1.82 bits per heavy atom. The summed E-state index contributed by atoms with van der Waals surface area (Å²) in [4.78, 5) is 193. The summed E-state index contributed by atoms with van der Waals surface area (Å²) >= 11 is 0. The van der Waals surface area contributed by atoms with Crippen LogP contribution in [0, 0.1) is 35.3 Å². The number of hydrogen-bond donors (Lipinski definition) is 3. The Kier molecular flexibility index (Phi) is 29.2. The summed E-state index contributed by atoms with van der Waals surface area (Å²) in [7, 11) is 11.4. The molecule has 4 saturated carbocycles. The molecule has 106 heavy (non-hydrogen) atoms. The zero-order valence-electron chi connectivity index (χ0n) is 63.8. The smallest absolute Gasteiger partial charge is 0.377 e. The van der Waals surface area contributed by atoms with Crippen LogP contribution in [0.15, 0.2) is 24.3 Å². The summed E-state index contributed by atoms with van der Waals surface area (Å²) < 4.78 is 78.0. The van der Waals surface area contributed by atoms with E-state index in [4.69, 9.17) is 4.74 Å². The molecular weight excluding hydrogens is 1380 g/mol. The summed E-state index contributed by atoms with van der Waals surface area (Å²) in [5.74, 6) is -13.4. The number of nitrogens with one attached hydrogen (secondary N) is 3. The highest BCUT2D eigenvalue weighted by Gasteiger charge is 2.54. The highest BCUT2D eigenvalue weighted by molar-refractivity contribution is 6.01. The highest BCUT2D eigenvalue weighted by atomic mass is 19.4. The van der Waals surface area contributed by atoms with Crippen LogP contribution in [0.1, 0.15) is 186 Å². The maximum absolute atomic E-state index is 15.6. The van der Waals surface area contributed by atoms with E-state index >= 15 is 47.1 Å². The topological polar surface area (TPSA) is 279 Å². The number of alkyl halides is 3. The van der Waals surface area contributed by atoms with E-state index in [1.54, 1.807) is 19.9 Å². The van der Waals surface area contributed by atoms with Gasteiger partial charge in [0, 0.05) is 82.5 Å². The molecule has 25 nitrogen and oxygen atoms in total. The summed E-state index contributed by atoms with van der Waals surface area (Å²) in [6, 6.07) is -9.70. The third-order valence-corrected chi connectivity index (χ3v) is 23.6. The zero-order chi connectivity index (χ0) is 77.8. The second-order valence-corrected chi connectivity index (χ2v) is 31.1. The van der Waals surface area contributed by atoms with Gasteiger partial charge >= 0.3 is 6.18 Å². The number of benzene rings is 1. The lowest BCUT2D eigenvalue weighted by atomic mass is 9.74. The normalized spacial score (nSPS) is 28.2. The molecule has 2 bridgehead atoms. The first-order chi connectivity index (χ1) is 50.1. The van der Waals surface area contributed by atoms with Gasteiger partial charge in [0.2, 0.25) is 70.9 Å². The van der Waals surface area contributed by atoms with Crippen LogP contribution in [-0.4, -0.2) is 264 Å². The lowest BCUT2D eigenvalue weighted by molar-refractivity contribution is -0.158. The molecule has 590 valence electrons. The monoisotopic (exact) mass is 1500 g/mol. The average Bonchev–Trinajstić information content (AvgIpc) is 1.34. The minimum atomic E-state index is -5.40. The number of halogens is 5. The largest absolute Gasteiger partial charge is 0.422 e. The summed E-state index contributed by atoms with van der Waals surface area (Å²) in [6.07, 6.45) is 7.16. The Morgan fingerprint density at radius 1 is 0.651 bits per heavy atom. The van der Waals surface area contributed by atoms with Crippen LogP contribution in [0.3, 0.4) is 0 Å².